The lowest BCUT2D eigenvalue weighted by molar-refractivity contribution is -0.138. The van der Waals surface area contributed by atoms with Gasteiger partial charge < -0.3 is 15.4 Å². The second-order valence-electron chi connectivity index (χ2n) is 8.91. The Labute approximate surface area is 206 Å². The average molecular weight is 498 g/mol. The molecule has 0 unspecified atom stereocenters. The highest BCUT2D eigenvalue weighted by atomic mass is 32.2. The number of nitrogens with two attached hydrogens (primary N) is 1. The molecule has 2 aromatic rings. The minimum Gasteiger partial charge on any atom is -0.378 e. The first-order valence-corrected chi connectivity index (χ1v) is 11.9. The quantitative estimate of drug-likeness (QED) is 0.688. The topological polar surface area (TPSA) is 105 Å². The number of hydrogen-bond acceptors (Lipinski definition) is 7. The third-order valence-electron chi connectivity index (χ3n) is 6.12. The lowest BCUT2D eigenvalue weighted by atomic mass is 9.81. The molecule has 182 valence electrons. The normalized spacial score (nSPS) is 25.1. The van der Waals surface area contributed by atoms with Crippen molar-refractivity contribution in [3.05, 3.63) is 64.7 Å². The highest BCUT2D eigenvalue weighted by molar-refractivity contribution is 8.15. The van der Waals surface area contributed by atoms with Crippen molar-refractivity contribution in [3.8, 4) is 6.07 Å². The summed E-state index contributed by atoms with van der Waals surface area (Å²) in [6.07, 6.45) is 2.73. The van der Waals surface area contributed by atoms with Gasteiger partial charge in [0.25, 0.3) is 0 Å². The van der Waals surface area contributed by atoms with Crippen LogP contribution < -0.4 is 5.73 Å². The van der Waals surface area contributed by atoms with Crippen molar-refractivity contribution in [3.63, 3.8) is 0 Å². The summed E-state index contributed by atoms with van der Waals surface area (Å²) in [6.45, 7) is 5.44. The number of aromatic nitrogens is 1. The first-order chi connectivity index (χ1) is 16.6. The zero-order valence-corrected chi connectivity index (χ0v) is 20.2. The Bertz CT molecular complexity index is 1240. The molecule has 0 spiro atoms. The largest absolute Gasteiger partial charge is 0.378 e. The van der Waals surface area contributed by atoms with Gasteiger partial charge in [-0.15, -0.1) is 0 Å². The summed E-state index contributed by atoms with van der Waals surface area (Å²) in [4.78, 5) is 23.6. The Morgan fingerprint density at radius 1 is 1.29 bits per heavy atom. The van der Waals surface area contributed by atoms with E-state index in [-0.39, 0.29) is 28.8 Å². The highest BCUT2D eigenvalue weighted by Crippen LogP contribution is 2.47. The van der Waals surface area contributed by atoms with Crippen LogP contribution >= 0.6 is 11.8 Å². The summed E-state index contributed by atoms with van der Waals surface area (Å²) >= 11 is 1.18. The van der Waals surface area contributed by atoms with E-state index in [1.54, 1.807) is 18.7 Å². The van der Waals surface area contributed by atoms with Crippen LogP contribution in [0.5, 0.6) is 0 Å². The van der Waals surface area contributed by atoms with E-state index >= 15 is 4.39 Å². The van der Waals surface area contributed by atoms with Gasteiger partial charge in [-0.3, -0.25) is 14.8 Å². The van der Waals surface area contributed by atoms with Crippen molar-refractivity contribution in [1.82, 2.24) is 9.88 Å². The predicted molar refractivity (Wildman–Crippen MR) is 131 cm³/mol. The van der Waals surface area contributed by atoms with Crippen LogP contribution in [0.3, 0.4) is 0 Å². The molecule has 1 saturated heterocycles. The van der Waals surface area contributed by atoms with Crippen LogP contribution in [0.25, 0.3) is 11.9 Å². The first kappa shape index (κ1) is 24.8. The number of hydrogen-bond donors (Lipinski definition) is 1. The molecule has 1 aromatic heterocycles. The van der Waals surface area contributed by atoms with Crippen molar-refractivity contribution in [2.75, 3.05) is 26.3 Å². The number of halogens is 2. The molecule has 2 aliphatic rings. The van der Waals surface area contributed by atoms with Crippen LogP contribution in [0, 0.1) is 17.1 Å². The van der Waals surface area contributed by atoms with Gasteiger partial charge in [-0.2, -0.15) is 5.26 Å². The van der Waals surface area contributed by atoms with Crippen LogP contribution in [0.4, 0.5) is 8.78 Å². The van der Waals surface area contributed by atoms with E-state index < -0.39 is 21.9 Å². The molecule has 10 heteroatoms. The average Bonchev–Trinajstić information content (AvgIpc) is 2.84. The fourth-order valence-electron chi connectivity index (χ4n) is 4.47. The van der Waals surface area contributed by atoms with Gasteiger partial charge >= 0.3 is 0 Å². The van der Waals surface area contributed by atoms with Gasteiger partial charge in [-0.1, -0.05) is 17.8 Å². The molecular weight excluding hydrogens is 472 g/mol. The fourth-order valence-corrected chi connectivity index (χ4v) is 5.75. The van der Waals surface area contributed by atoms with Gasteiger partial charge in [0.2, 0.25) is 5.91 Å². The van der Waals surface area contributed by atoms with E-state index in [0.29, 0.717) is 37.4 Å². The summed E-state index contributed by atoms with van der Waals surface area (Å²) in [5, 5.41) is 9.08. The summed E-state index contributed by atoms with van der Waals surface area (Å²) in [5.74, 6) is -1.25. The molecule has 0 aliphatic carbocycles. The van der Waals surface area contributed by atoms with E-state index in [1.807, 2.05) is 6.07 Å². The van der Waals surface area contributed by atoms with Crippen molar-refractivity contribution in [1.29, 1.82) is 5.26 Å². The monoisotopic (exact) mass is 497 g/mol. The zero-order chi connectivity index (χ0) is 25.2. The number of nitriles is 1. The van der Waals surface area contributed by atoms with Crippen LogP contribution in [-0.2, 0) is 15.1 Å². The van der Waals surface area contributed by atoms with E-state index in [0.717, 1.165) is 0 Å². The number of rotatable bonds is 4. The lowest BCUT2D eigenvalue weighted by Crippen LogP contribution is -2.54. The Balaban J connectivity index is 1.66. The lowest BCUT2D eigenvalue weighted by Gasteiger charge is -2.43. The fraction of sp³-hybridized carbons (Fsp3) is 0.360. The first-order valence-electron chi connectivity index (χ1n) is 11.1. The number of thioether (sulfide) groups is 1. The number of pyridine rings is 1. The van der Waals surface area contributed by atoms with Crippen LogP contribution in [-0.4, -0.2) is 52.0 Å². The zero-order valence-electron chi connectivity index (χ0n) is 19.4. The van der Waals surface area contributed by atoms with Gasteiger partial charge in [-0.05, 0) is 49.8 Å². The second kappa shape index (κ2) is 9.76. The maximum absolute atomic E-state index is 15.1. The molecule has 1 amide bonds. The number of benzene rings is 1. The molecule has 0 radical (unpaired) electrons. The predicted octanol–water partition coefficient (Wildman–Crippen LogP) is 3.84. The minimum atomic E-state index is -1.14. The minimum absolute atomic E-state index is 0.0566. The number of nitrogens with zero attached hydrogens (tertiary/aromatic N) is 4. The van der Waals surface area contributed by atoms with Crippen LogP contribution in [0.15, 0.2) is 41.5 Å². The van der Waals surface area contributed by atoms with Gasteiger partial charge in [-0.25, -0.2) is 8.78 Å². The number of carbonyl (C=O) groups is 1. The Morgan fingerprint density at radius 3 is 2.69 bits per heavy atom. The summed E-state index contributed by atoms with van der Waals surface area (Å²) in [7, 11) is 0. The number of ether oxygens (including phenoxy) is 1. The van der Waals surface area contributed by atoms with Crippen LogP contribution in [0.1, 0.15) is 42.7 Å². The smallest absolute Gasteiger partial charge is 0.239 e. The summed E-state index contributed by atoms with van der Waals surface area (Å²) in [6, 6.07) is 9.03. The standard InChI is InChI=1S/C25H25F2N5O2S/c1-24(15-25(2,35-23(29)31-24)22(33)32-7-9-34-10-8-32)18-11-16(3-5-19(18)26)12-20(27)21-6-4-17(13-28)14-30-21/h3-6,11-12,14H,7-10,15H2,1-2H3,(H2,29,31)/b20-12-/t24-,25-/m0/s1. The maximum Gasteiger partial charge on any atom is 0.239 e. The molecule has 0 saturated carbocycles. The molecule has 35 heavy (non-hydrogen) atoms. The summed E-state index contributed by atoms with van der Waals surface area (Å²) in [5.41, 5.74) is 6.01. The third-order valence-corrected chi connectivity index (χ3v) is 7.19. The van der Waals surface area contributed by atoms with Crippen molar-refractivity contribution < 1.29 is 18.3 Å². The number of aliphatic imine (C=N–C) groups is 1. The molecule has 1 aromatic carbocycles. The number of carbonyl (C=O) groups excluding carboxylic acids is 1. The third kappa shape index (κ3) is 5.21. The van der Waals surface area contributed by atoms with Crippen molar-refractivity contribution >= 4 is 34.7 Å². The number of morpholine rings is 1. The van der Waals surface area contributed by atoms with Gasteiger partial charge in [0.1, 0.15) is 22.5 Å². The van der Waals surface area contributed by atoms with Gasteiger partial charge in [0.05, 0.1) is 30.0 Å². The maximum atomic E-state index is 15.1. The van der Waals surface area contributed by atoms with Crippen LogP contribution in [0.2, 0.25) is 0 Å². The Kier molecular flexibility index (Phi) is 6.92. The van der Waals surface area contributed by atoms with Crippen molar-refractivity contribution in [2.45, 2.75) is 30.6 Å². The molecule has 2 N–H and O–H groups in total. The molecule has 3 heterocycles. The number of amidine groups is 1. The van der Waals surface area contributed by atoms with Crippen molar-refractivity contribution in [2.24, 2.45) is 10.7 Å². The highest BCUT2D eigenvalue weighted by Gasteiger charge is 2.49. The molecule has 7 nitrogen and oxygen atoms in total. The molecule has 2 atom stereocenters. The van der Waals surface area contributed by atoms with Gasteiger partial charge in [0, 0.05) is 31.3 Å². The molecule has 0 bridgehead atoms. The Hall–Kier alpha value is -3.29. The SMILES string of the molecule is C[C@@]1(C(=O)N2CCOCC2)C[C@@](C)(c2cc(/C=C(\F)c3ccc(C#N)cn3)ccc2F)N=C(N)S1. The second-order valence-corrected chi connectivity index (χ2v) is 10.4. The molecular formula is C25H25F2N5O2S. The molecule has 2 aliphatic heterocycles. The Morgan fingerprint density at radius 2 is 2.03 bits per heavy atom. The van der Waals surface area contributed by atoms with E-state index in [4.69, 9.17) is 15.7 Å². The number of amides is 1. The molecule has 4 rings (SSSR count). The van der Waals surface area contributed by atoms with E-state index in [9.17, 15) is 9.18 Å². The molecule has 1 fully saturated rings. The van der Waals surface area contributed by atoms with Gasteiger partial charge in [0.15, 0.2) is 5.17 Å². The summed E-state index contributed by atoms with van der Waals surface area (Å²) < 4.78 is 34.3. The van der Waals surface area contributed by atoms with E-state index in [1.165, 1.54) is 54.4 Å². The van der Waals surface area contributed by atoms with E-state index in [2.05, 4.69) is 9.98 Å².